The average molecular weight is 403 g/mol. The molecule has 1 atom stereocenters. The van der Waals surface area contributed by atoms with Crippen LogP contribution in [-0.2, 0) is 16.1 Å². The van der Waals surface area contributed by atoms with Crippen molar-refractivity contribution in [3.8, 4) is 0 Å². The number of nitrogens with one attached hydrogen (secondary N) is 1. The van der Waals surface area contributed by atoms with E-state index >= 15 is 0 Å². The molecular formula is C21H30N4O2S. The van der Waals surface area contributed by atoms with Crippen LogP contribution in [0.4, 0.5) is 5.69 Å². The highest BCUT2D eigenvalue weighted by molar-refractivity contribution is 7.99. The van der Waals surface area contributed by atoms with Crippen molar-refractivity contribution in [2.45, 2.75) is 70.2 Å². The lowest BCUT2D eigenvalue weighted by atomic mass is 10.0. The molecule has 1 saturated heterocycles. The molecule has 0 saturated carbocycles. The maximum atomic E-state index is 12.4. The van der Waals surface area contributed by atoms with Gasteiger partial charge in [0.2, 0.25) is 5.91 Å². The Hall–Kier alpha value is -1.86. The lowest BCUT2D eigenvalue weighted by Crippen LogP contribution is -2.19. The van der Waals surface area contributed by atoms with E-state index < -0.39 is 0 Å². The van der Waals surface area contributed by atoms with Gasteiger partial charge >= 0.3 is 0 Å². The predicted octanol–water partition coefficient (Wildman–Crippen LogP) is 4.43. The first kappa shape index (κ1) is 20.9. The summed E-state index contributed by atoms with van der Waals surface area (Å²) < 4.78 is 7.90. The Labute approximate surface area is 171 Å². The smallest absolute Gasteiger partial charge is 0.234 e. The van der Waals surface area contributed by atoms with Crippen LogP contribution in [0.5, 0.6) is 0 Å². The molecule has 1 aromatic heterocycles. The van der Waals surface area contributed by atoms with E-state index in [0.717, 1.165) is 42.7 Å². The summed E-state index contributed by atoms with van der Waals surface area (Å²) in [6, 6.07) is 8.02. The Morgan fingerprint density at radius 3 is 2.57 bits per heavy atom. The largest absolute Gasteiger partial charge is 0.376 e. The molecule has 1 aliphatic rings. The lowest BCUT2D eigenvalue weighted by molar-refractivity contribution is -0.113. The topological polar surface area (TPSA) is 69.0 Å². The first-order chi connectivity index (χ1) is 13.4. The van der Waals surface area contributed by atoms with E-state index in [1.54, 1.807) is 0 Å². The number of hydrogen-bond donors (Lipinski definition) is 1. The highest BCUT2D eigenvalue weighted by atomic mass is 32.2. The summed E-state index contributed by atoms with van der Waals surface area (Å²) in [7, 11) is 0. The van der Waals surface area contributed by atoms with Gasteiger partial charge in [-0.15, -0.1) is 10.2 Å². The van der Waals surface area contributed by atoms with Crippen molar-refractivity contribution in [1.29, 1.82) is 0 Å². The van der Waals surface area contributed by atoms with Crippen molar-refractivity contribution in [3.63, 3.8) is 0 Å². The van der Waals surface area contributed by atoms with E-state index in [9.17, 15) is 4.79 Å². The quantitative estimate of drug-likeness (QED) is 0.661. The third kappa shape index (κ3) is 5.35. The number of amides is 1. The summed E-state index contributed by atoms with van der Waals surface area (Å²) in [6.45, 7) is 10.1. The number of benzene rings is 1. The Morgan fingerprint density at radius 1 is 1.21 bits per heavy atom. The minimum atomic E-state index is -0.0416. The molecule has 7 heteroatoms. The van der Waals surface area contributed by atoms with E-state index in [1.165, 1.54) is 17.3 Å². The van der Waals surface area contributed by atoms with Gasteiger partial charge in [0.1, 0.15) is 5.82 Å². The van der Waals surface area contributed by atoms with Crippen LogP contribution < -0.4 is 5.32 Å². The second kappa shape index (κ2) is 9.56. The van der Waals surface area contributed by atoms with Crippen LogP contribution in [-0.4, -0.2) is 39.1 Å². The molecule has 0 bridgehead atoms. The normalized spacial score (nSPS) is 16.9. The summed E-state index contributed by atoms with van der Waals surface area (Å²) in [5, 5.41) is 12.4. The number of carbonyl (C=O) groups is 1. The summed E-state index contributed by atoms with van der Waals surface area (Å²) >= 11 is 1.43. The van der Waals surface area contributed by atoms with Gasteiger partial charge in [0.15, 0.2) is 5.16 Å². The van der Waals surface area contributed by atoms with Crippen molar-refractivity contribution in [1.82, 2.24) is 14.8 Å². The number of nitrogens with zero attached hydrogens (tertiary/aromatic N) is 3. The van der Waals surface area contributed by atoms with Gasteiger partial charge in [-0.2, -0.15) is 0 Å². The standard InChI is InChI=1S/C21H30N4O2S/c1-14(2)16-7-9-17(10-8-16)22-19(26)13-28-21-24-23-20(15(3)4)25(21)12-18-6-5-11-27-18/h7-10,14-15,18H,5-6,11-13H2,1-4H3,(H,22,26). The first-order valence-electron chi connectivity index (χ1n) is 10.0. The molecule has 28 heavy (non-hydrogen) atoms. The van der Waals surface area contributed by atoms with Crippen LogP contribution in [0, 0.1) is 0 Å². The second-order valence-corrected chi connectivity index (χ2v) is 8.80. The molecule has 2 aromatic rings. The SMILES string of the molecule is CC(C)c1ccc(NC(=O)CSc2nnc(C(C)C)n2CC2CCCO2)cc1. The Balaban J connectivity index is 1.60. The van der Waals surface area contributed by atoms with Gasteiger partial charge in [0.25, 0.3) is 0 Å². The van der Waals surface area contributed by atoms with Crippen molar-refractivity contribution in [2.75, 3.05) is 17.7 Å². The van der Waals surface area contributed by atoms with E-state index in [4.69, 9.17) is 4.74 Å². The highest BCUT2D eigenvalue weighted by Crippen LogP contribution is 2.25. The van der Waals surface area contributed by atoms with E-state index in [1.807, 2.05) is 12.1 Å². The molecule has 152 valence electrons. The van der Waals surface area contributed by atoms with Crippen LogP contribution in [0.1, 0.15) is 63.8 Å². The number of thioether (sulfide) groups is 1. The first-order valence-corrected chi connectivity index (χ1v) is 11.0. The van der Waals surface area contributed by atoms with Gasteiger partial charge in [-0.3, -0.25) is 4.79 Å². The van der Waals surface area contributed by atoms with Gasteiger partial charge < -0.3 is 14.6 Å². The summed E-state index contributed by atoms with van der Waals surface area (Å²) in [4.78, 5) is 12.4. The zero-order chi connectivity index (χ0) is 20.1. The van der Waals surface area contributed by atoms with Crippen LogP contribution in [0.2, 0.25) is 0 Å². The molecule has 1 N–H and O–H groups in total. The third-order valence-electron chi connectivity index (χ3n) is 4.87. The number of rotatable bonds is 8. The van der Waals surface area contributed by atoms with Crippen LogP contribution in [0.15, 0.2) is 29.4 Å². The van der Waals surface area contributed by atoms with Gasteiger partial charge in [-0.05, 0) is 36.5 Å². The number of hydrogen-bond acceptors (Lipinski definition) is 5. The van der Waals surface area contributed by atoms with E-state index in [0.29, 0.717) is 11.7 Å². The molecule has 1 unspecified atom stereocenters. The van der Waals surface area contributed by atoms with Crippen molar-refractivity contribution >= 4 is 23.4 Å². The van der Waals surface area contributed by atoms with Crippen molar-refractivity contribution < 1.29 is 9.53 Å². The third-order valence-corrected chi connectivity index (χ3v) is 5.83. The van der Waals surface area contributed by atoms with Crippen molar-refractivity contribution in [3.05, 3.63) is 35.7 Å². The summed E-state index contributed by atoms with van der Waals surface area (Å²) in [5.41, 5.74) is 2.08. The van der Waals surface area contributed by atoms with Gasteiger partial charge in [-0.1, -0.05) is 51.6 Å². The number of ether oxygens (including phenoxy) is 1. The van der Waals surface area contributed by atoms with Crippen LogP contribution in [0.25, 0.3) is 0 Å². The molecule has 1 aromatic carbocycles. The Morgan fingerprint density at radius 2 is 1.96 bits per heavy atom. The Kier molecular flexibility index (Phi) is 7.13. The highest BCUT2D eigenvalue weighted by Gasteiger charge is 2.22. The van der Waals surface area contributed by atoms with E-state index in [2.05, 4.69) is 59.9 Å². The molecule has 0 aliphatic carbocycles. The summed E-state index contributed by atoms with van der Waals surface area (Å²) in [6.07, 6.45) is 2.37. The fraction of sp³-hybridized carbons (Fsp3) is 0.571. The number of anilines is 1. The minimum absolute atomic E-state index is 0.0416. The molecule has 2 heterocycles. The molecule has 3 rings (SSSR count). The van der Waals surface area contributed by atoms with Gasteiger partial charge in [0.05, 0.1) is 18.4 Å². The van der Waals surface area contributed by atoms with Crippen LogP contribution in [0.3, 0.4) is 0 Å². The molecule has 6 nitrogen and oxygen atoms in total. The van der Waals surface area contributed by atoms with Crippen LogP contribution >= 0.6 is 11.8 Å². The number of carbonyl (C=O) groups excluding carboxylic acids is 1. The molecule has 1 aliphatic heterocycles. The minimum Gasteiger partial charge on any atom is -0.376 e. The number of aromatic nitrogens is 3. The van der Waals surface area contributed by atoms with Gasteiger partial charge in [0, 0.05) is 18.2 Å². The summed E-state index contributed by atoms with van der Waals surface area (Å²) in [5.74, 6) is 1.96. The van der Waals surface area contributed by atoms with Crippen molar-refractivity contribution in [2.24, 2.45) is 0 Å². The molecular weight excluding hydrogens is 372 g/mol. The fourth-order valence-electron chi connectivity index (χ4n) is 3.28. The zero-order valence-electron chi connectivity index (χ0n) is 17.1. The monoisotopic (exact) mass is 402 g/mol. The fourth-order valence-corrected chi connectivity index (χ4v) is 4.03. The average Bonchev–Trinajstić information content (AvgIpc) is 3.31. The molecule has 0 radical (unpaired) electrons. The second-order valence-electron chi connectivity index (χ2n) is 7.85. The lowest BCUT2D eigenvalue weighted by Gasteiger charge is -2.16. The maximum absolute atomic E-state index is 12.4. The zero-order valence-corrected chi connectivity index (χ0v) is 18.0. The molecule has 1 fully saturated rings. The van der Waals surface area contributed by atoms with E-state index in [-0.39, 0.29) is 17.9 Å². The molecule has 1 amide bonds. The predicted molar refractivity (Wildman–Crippen MR) is 113 cm³/mol. The van der Waals surface area contributed by atoms with Gasteiger partial charge in [-0.25, -0.2) is 0 Å². The maximum Gasteiger partial charge on any atom is 0.234 e. The molecule has 0 spiro atoms. The Bertz CT molecular complexity index is 780.